The van der Waals surface area contributed by atoms with Crippen LogP contribution in [0.5, 0.6) is 0 Å². The first-order valence-corrected chi connectivity index (χ1v) is 7.92. The van der Waals surface area contributed by atoms with Crippen molar-refractivity contribution in [3.05, 3.63) is 36.1 Å². The van der Waals surface area contributed by atoms with Crippen molar-refractivity contribution in [2.24, 2.45) is 0 Å². The largest absolute Gasteiger partial charge is 0.460 e. The zero-order chi connectivity index (χ0) is 14.7. The molecule has 1 amide bonds. The molecule has 3 aliphatic rings. The van der Waals surface area contributed by atoms with E-state index in [0.29, 0.717) is 13.0 Å². The van der Waals surface area contributed by atoms with Gasteiger partial charge in [-0.1, -0.05) is 18.2 Å². The van der Waals surface area contributed by atoms with Crippen molar-refractivity contribution in [2.45, 2.75) is 31.2 Å². The Labute approximate surface area is 128 Å². The van der Waals surface area contributed by atoms with Gasteiger partial charge in [-0.05, 0) is 12.1 Å². The lowest BCUT2D eigenvalue weighted by Crippen LogP contribution is -2.47. The number of para-hydroxylation sites is 1. The van der Waals surface area contributed by atoms with E-state index in [9.17, 15) is 4.79 Å². The number of fused-ring (bicyclic) bond motifs is 1. The van der Waals surface area contributed by atoms with Gasteiger partial charge in [-0.25, -0.2) is 0 Å². The van der Waals surface area contributed by atoms with Gasteiger partial charge in [0.05, 0.1) is 19.2 Å². The van der Waals surface area contributed by atoms with Crippen LogP contribution in [0.1, 0.15) is 18.6 Å². The lowest BCUT2D eigenvalue weighted by Gasteiger charge is -2.31. The summed E-state index contributed by atoms with van der Waals surface area (Å²) < 4.78 is 12.0. The summed E-state index contributed by atoms with van der Waals surface area (Å²) in [4.78, 5) is 16.5. The number of hydrogen-bond donors (Lipinski definition) is 0. The predicted molar refractivity (Wildman–Crippen MR) is 80.0 cm³/mol. The minimum Gasteiger partial charge on any atom is -0.460 e. The van der Waals surface area contributed by atoms with Crippen LogP contribution in [0.15, 0.2) is 34.7 Å². The second kappa shape index (κ2) is 4.33. The van der Waals surface area contributed by atoms with Crippen LogP contribution in [0.3, 0.4) is 0 Å². The smallest absolute Gasteiger partial charge is 0.226 e. The minimum absolute atomic E-state index is 0.163. The molecule has 5 nitrogen and oxygen atoms in total. The number of carbonyl (C=O) groups excluding carboxylic acids is 1. The molecule has 0 unspecified atom stereocenters. The number of rotatable bonds is 2. The highest BCUT2D eigenvalue weighted by atomic mass is 16.5. The van der Waals surface area contributed by atoms with Crippen LogP contribution < -0.4 is 0 Å². The molecule has 1 spiro atoms. The third kappa shape index (κ3) is 1.58. The number of benzene rings is 1. The lowest BCUT2D eigenvalue weighted by atomic mass is 10.1. The molecule has 3 aliphatic heterocycles. The fraction of sp³-hybridized carbons (Fsp3) is 0.471. The molecule has 0 radical (unpaired) electrons. The number of likely N-dealkylation sites (tertiary alicyclic amines) is 1. The second-order valence-corrected chi connectivity index (χ2v) is 6.43. The first-order valence-electron chi connectivity index (χ1n) is 7.92. The van der Waals surface area contributed by atoms with Crippen molar-refractivity contribution < 1.29 is 13.9 Å². The maximum Gasteiger partial charge on any atom is 0.226 e. The van der Waals surface area contributed by atoms with Gasteiger partial charge in [0, 0.05) is 31.3 Å². The molecule has 2 aromatic rings. The van der Waals surface area contributed by atoms with E-state index < -0.39 is 0 Å². The van der Waals surface area contributed by atoms with E-state index in [2.05, 4.69) is 17.0 Å². The van der Waals surface area contributed by atoms with E-state index in [1.807, 2.05) is 23.1 Å². The van der Waals surface area contributed by atoms with Gasteiger partial charge in [0.15, 0.2) is 5.72 Å². The molecule has 0 N–H and O–H groups in total. The fourth-order valence-corrected chi connectivity index (χ4v) is 4.38. The summed E-state index contributed by atoms with van der Waals surface area (Å²) in [6.07, 6.45) is 1.48. The third-order valence-electron chi connectivity index (χ3n) is 5.35. The molecule has 0 aliphatic carbocycles. The van der Waals surface area contributed by atoms with Crippen molar-refractivity contribution in [2.75, 3.05) is 19.7 Å². The van der Waals surface area contributed by atoms with Crippen LogP contribution in [0.2, 0.25) is 0 Å². The molecule has 22 heavy (non-hydrogen) atoms. The Morgan fingerprint density at radius 1 is 1.27 bits per heavy atom. The van der Waals surface area contributed by atoms with Gasteiger partial charge in [-0.15, -0.1) is 0 Å². The number of furan rings is 1. The maximum atomic E-state index is 12.2. The molecule has 2 atom stereocenters. The molecule has 3 fully saturated rings. The Kier molecular flexibility index (Phi) is 2.50. The number of amides is 1. The van der Waals surface area contributed by atoms with Crippen LogP contribution in [0.25, 0.3) is 11.0 Å². The molecule has 5 heteroatoms. The van der Waals surface area contributed by atoms with Crippen LogP contribution in [-0.2, 0) is 16.1 Å². The van der Waals surface area contributed by atoms with Crippen molar-refractivity contribution >= 4 is 16.9 Å². The van der Waals surface area contributed by atoms with Gasteiger partial charge in [0.1, 0.15) is 11.3 Å². The van der Waals surface area contributed by atoms with Gasteiger partial charge in [-0.3, -0.25) is 9.69 Å². The Hall–Kier alpha value is -1.85. The zero-order valence-electron chi connectivity index (χ0n) is 12.3. The Morgan fingerprint density at radius 3 is 3.09 bits per heavy atom. The Balaban J connectivity index is 1.44. The normalized spacial score (nSPS) is 31.2. The summed E-state index contributed by atoms with van der Waals surface area (Å²) >= 11 is 0. The average molecular weight is 298 g/mol. The minimum atomic E-state index is -0.358. The van der Waals surface area contributed by atoms with Crippen molar-refractivity contribution in [1.29, 1.82) is 0 Å². The van der Waals surface area contributed by atoms with Crippen LogP contribution in [0, 0.1) is 0 Å². The topological polar surface area (TPSA) is 45.9 Å². The molecule has 3 saturated heterocycles. The highest BCUT2D eigenvalue weighted by Gasteiger charge is 2.61. The number of carbonyl (C=O) groups is 1. The third-order valence-corrected chi connectivity index (χ3v) is 5.35. The van der Waals surface area contributed by atoms with E-state index in [4.69, 9.17) is 9.15 Å². The number of hydrogen-bond acceptors (Lipinski definition) is 4. The molecule has 1 aromatic heterocycles. The van der Waals surface area contributed by atoms with E-state index in [1.165, 1.54) is 0 Å². The van der Waals surface area contributed by atoms with E-state index in [-0.39, 0.29) is 17.7 Å². The lowest BCUT2D eigenvalue weighted by molar-refractivity contribution is -0.136. The summed E-state index contributed by atoms with van der Waals surface area (Å²) in [7, 11) is 0. The molecular weight excluding hydrogens is 280 g/mol. The predicted octanol–water partition coefficient (Wildman–Crippen LogP) is 1.97. The number of nitrogens with zero attached hydrogens (tertiary/aromatic N) is 2. The molecule has 0 bridgehead atoms. The summed E-state index contributed by atoms with van der Waals surface area (Å²) in [5.74, 6) is 1.19. The molecule has 0 saturated carbocycles. The van der Waals surface area contributed by atoms with Crippen molar-refractivity contribution in [1.82, 2.24) is 9.80 Å². The van der Waals surface area contributed by atoms with Crippen LogP contribution in [-0.4, -0.2) is 47.2 Å². The molecule has 5 rings (SSSR count). The highest BCUT2D eigenvalue weighted by molar-refractivity contribution is 5.81. The zero-order valence-corrected chi connectivity index (χ0v) is 12.3. The fourth-order valence-electron chi connectivity index (χ4n) is 4.38. The van der Waals surface area contributed by atoms with E-state index in [1.54, 1.807) is 0 Å². The first-order chi connectivity index (χ1) is 10.8. The average Bonchev–Trinajstić information content (AvgIpc) is 3.23. The van der Waals surface area contributed by atoms with Gasteiger partial charge in [0.2, 0.25) is 5.91 Å². The van der Waals surface area contributed by atoms with Crippen molar-refractivity contribution in [3.63, 3.8) is 0 Å². The summed E-state index contributed by atoms with van der Waals surface area (Å²) in [6.45, 7) is 3.10. The Bertz CT molecular complexity index is 722. The van der Waals surface area contributed by atoms with E-state index in [0.717, 1.165) is 42.8 Å². The van der Waals surface area contributed by atoms with Crippen molar-refractivity contribution in [3.8, 4) is 0 Å². The first kappa shape index (κ1) is 12.7. The summed E-state index contributed by atoms with van der Waals surface area (Å²) in [6, 6.07) is 10.3. The maximum absolute atomic E-state index is 12.2. The van der Waals surface area contributed by atoms with Gasteiger partial charge in [0.25, 0.3) is 0 Å². The SMILES string of the molecule is O=C1C[C@H]2N(Cc3cc4ccccc4o3)CC[C@]23OCCN13. The molecule has 114 valence electrons. The molecule has 1 aromatic carbocycles. The molecular formula is C17H18N2O3. The molecule has 4 heterocycles. The summed E-state index contributed by atoms with van der Waals surface area (Å²) in [5.41, 5.74) is 0.566. The van der Waals surface area contributed by atoms with Gasteiger partial charge < -0.3 is 14.1 Å². The Morgan fingerprint density at radius 2 is 2.18 bits per heavy atom. The van der Waals surface area contributed by atoms with E-state index >= 15 is 0 Å². The quantitative estimate of drug-likeness (QED) is 0.850. The van der Waals surface area contributed by atoms with Crippen LogP contribution >= 0.6 is 0 Å². The standard InChI is InChI=1S/C17H18N2O3/c20-16-10-15-17(19(16)7-8-21-17)5-6-18(15)11-13-9-12-3-1-2-4-14(12)22-13/h1-4,9,15H,5-8,10-11H2/t15-,17+/m1/s1. The second-order valence-electron chi connectivity index (χ2n) is 6.43. The number of ether oxygens (including phenoxy) is 1. The van der Waals surface area contributed by atoms with Crippen LogP contribution in [0.4, 0.5) is 0 Å². The monoisotopic (exact) mass is 298 g/mol. The highest BCUT2D eigenvalue weighted by Crippen LogP contribution is 2.46. The van der Waals surface area contributed by atoms with Gasteiger partial charge in [-0.2, -0.15) is 0 Å². The summed E-state index contributed by atoms with van der Waals surface area (Å²) in [5, 5.41) is 1.13. The van der Waals surface area contributed by atoms with Gasteiger partial charge >= 0.3 is 0 Å².